The van der Waals surface area contributed by atoms with Gasteiger partial charge in [0.15, 0.2) is 0 Å². The number of hydrogen-bond acceptors (Lipinski definition) is 8. The Hall–Kier alpha value is -3.58. The number of esters is 1. The summed E-state index contributed by atoms with van der Waals surface area (Å²) >= 11 is 1.80. The van der Waals surface area contributed by atoms with Crippen molar-refractivity contribution in [2.75, 3.05) is 29.5 Å². The fourth-order valence-electron chi connectivity index (χ4n) is 5.58. The predicted molar refractivity (Wildman–Crippen MR) is 154 cm³/mol. The zero-order valence-electron chi connectivity index (χ0n) is 23.0. The molecule has 42 heavy (non-hydrogen) atoms. The molecule has 13 heteroatoms. The van der Waals surface area contributed by atoms with Crippen LogP contribution in [-0.4, -0.2) is 47.3 Å². The fraction of sp³-hybridized carbons (Fsp3) is 0.379. The van der Waals surface area contributed by atoms with E-state index in [2.05, 4.69) is 4.90 Å². The number of ether oxygens (including phenoxy) is 1. The van der Waals surface area contributed by atoms with Crippen LogP contribution in [0.15, 0.2) is 58.4 Å². The molecule has 0 aliphatic carbocycles. The van der Waals surface area contributed by atoms with Crippen LogP contribution in [0.25, 0.3) is 0 Å². The summed E-state index contributed by atoms with van der Waals surface area (Å²) in [6.45, 7) is 6.93. The first-order valence-corrected chi connectivity index (χ1v) is 15.2. The number of fused-ring (bicyclic) bond motifs is 2. The first-order valence-electron chi connectivity index (χ1n) is 13.5. The number of benzene rings is 2. The topological polar surface area (TPSA) is 88.9 Å². The number of carbonyl (C=O) groups excluding carboxylic acids is 3. The Balaban J connectivity index is 1.65. The fourth-order valence-corrected chi connectivity index (χ4v) is 8.35. The lowest BCUT2D eigenvalue weighted by Crippen LogP contribution is -2.33. The molecule has 1 aromatic heterocycles. The average molecular weight is 620 g/mol. The standard InChI is InChI=1S/C29H28F3N3O5S2/c1-4-33(5-2)17-13-11-16(12-14-17)21-22-23(41-27-24(21)42-28(39)34(27)15-20(36)40-6-3)26(38)35(25(22)37)19-10-8-7-9-18(19)29(30,31)32/h7-14,21-23H,4-6,15H2,1-3H3/t21-,22-,23+/m0/s1. The first-order chi connectivity index (χ1) is 20.0. The lowest BCUT2D eigenvalue weighted by molar-refractivity contribution is -0.144. The number of anilines is 2. The summed E-state index contributed by atoms with van der Waals surface area (Å²) in [6, 6.07) is 11.9. The molecule has 1 saturated heterocycles. The van der Waals surface area contributed by atoms with Crippen molar-refractivity contribution in [2.45, 2.75) is 49.7 Å². The number of carbonyl (C=O) groups is 3. The molecular formula is C29H28F3N3O5S2. The van der Waals surface area contributed by atoms with E-state index in [4.69, 9.17) is 4.74 Å². The SMILES string of the molecule is CCOC(=O)Cn1c2c(sc1=O)[C@@H](c1ccc(N(CC)CC)cc1)[C@@H]1C(=O)N(c3ccccc3C(F)(F)F)C(=O)[C@@H]1S2. The molecular weight excluding hydrogens is 591 g/mol. The molecule has 2 aliphatic heterocycles. The maximum absolute atomic E-state index is 14.0. The number of alkyl halides is 3. The maximum atomic E-state index is 14.0. The van der Waals surface area contributed by atoms with Gasteiger partial charge in [0.25, 0.3) is 0 Å². The van der Waals surface area contributed by atoms with Gasteiger partial charge in [-0.3, -0.25) is 23.7 Å². The molecule has 0 saturated carbocycles. The number of amides is 2. The van der Waals surface area contributed by atoms with Gasteiger partial charge in [0.2, 0.25) is 11.8 Å². The number of thiazole rings is 1. The Bertz CT molecular complexity index is 1580. The number of imide groups is 1. The van der Waals surface area contributed by atoms with E-state index in [1.54, 1.807) is 6.92 Å². The van der Waals surface area contributed by atoms with Crippen LogP contribution < -0.4 is 14.7 Å². The van der Waals surface area contributed by atoms with Crippen LogP contribution in [0.3, 0.4) is 0 Å². The summed E-state index contributed by atoms with van der Waals surface area (Å²) in [5, 5.41) is -0.773. The van der Waals surface area contributed by atoms with Crippen molar-refractivity contribution in [1.29, 1.82) is 0 Å². The molecule has 0 spiro atoms. The maximum Gasteiger partial charge on any atom is 0.418 e. The van der Waals surface area contributed by atoms with Gasteiger partial charge in [-0.1, -0.05) is 47.4 Å². The highest BCUT2D eigenvalue weighted by Gasteiger charge is 2.57. The predicted octanol–water partition coefficient (Wildman–Crippen LogP) is 5.13. The van der Waals surface area contributed by atoms with E-state index in [-0.39, 0.29) is 13.2 Å². The quantitative estimate of drug-likeness (QED) is 0.255. The van der Waals surface area contributed by atoms with Gasteiger partial charge in [-0.15, -0.1) is 0 Å². The van der Waals surface area contributed by atoms with E-state index < -0.39 is 57.2 Å². The van der Waals surface area contributed by atoms with Gasteiger partial charge in [-0.05, 0) is 50.6 Å². The second kappa shape index (κ2) is 11.6. The summed E-state index contributed by atoms with van der Waals surface area (Å²) in [7, 11) is 0. The Kier molecular flexibility index (Phi) is 8.26. The highest BCUT2D eigenvalue weighted by Crippen LogP contribution is 2.54. The van der Waals surface area contributed by atoms with Crippen LogP contribution in [0.2, 0.25) is 0 Å². The molecule has 8 nitrogen and oxygen atoms in total. The van der Waals surface area contributed by atoms with Gasteiger partial charge >= 0.3 is 17.0 Å². The zero-order valence-corrected chi connectivity index (χ0v) is 24.6. The van der Waals surface area contributed by atoms with Crippen LogP contribution in [0, 0.1) is 5.92 Å². The van der Waals surface area contributed by atoms with Crippen molar-refractivity contribution < 1.29 is 32.3 Å². The van der Waals surface area contributed by atoms with Gasteiger partial charge < -0.3 is 9.64 Å². The largest absolute Gasteiger partial charge is 0.465 e. The minimum atomic E-state index is -4.80. The third-order valence-corrected chi connectivity index (χ3v) is 10.1. The monoisotopic (exact) mass is 619 g/mol. The molecule has 3 atom stereocenters. The van der Waals surface area contributed by atoms with E-state index in [1.807, 2.05) is 38.1 Å². The smallest absolute Gasteiger partial charge is 0.418 e. The first kappa shape index (κ1) is 29.9. The Morgan fingerprint density at radius 2 is 1.64 bits per heavy atom. The van der Waals surface area contributed by atoms with Gasteiger partial charge in [-0.25, -0.2) is 4.90 Å². The number of nitrogens with zero attached hydrogens (tertiary/aromatic N) is 3. The number of hydrogen-bond donors (Lipinski definition) is 0. The van der Waals surface area contributed by atoms with Crippen LogP contribution in [0.4, 0.5) is 24.5 Å². The molecule has 2 amide bonds. The summed E-state index contributed by atoms with van der Waals surface area (Å²) < 4.78 is 48.1. The van der Waals surface area contributed by atoms with Gasteiger partial charge in [0.1, 0.15) is 11.8 Å². The number of aromatic nitrogens is 1. The van der Waals surface area contributed by atoms with Gasteiger partial charge in [-0.2, -0.15) is 13.2 Å². The van der Waals surface area contributed by atoms with Crippen LogP contribution in [0.5, 0.6) is 0 Å². The third kappa shape index (κ3) is 5.13. The van der Waals surface area contributed by atoms with E-state index >= 15 is 0 Å². The minimum Gasteiger partial charge on any atom is -0.465 e. The number of thioether (sulfide) groups is 1. The Morgan fingerprint density at radius 1 is 0.976 bits per heavy atom. The molecule has 5 rings (SSSR count). The van der Waals surface area contributed by atoms with Gasteiger partial charge in [0, 0.05) is 29.6 Å². The normalized spacial score (nSPS) is 20.0. The van der Waals surface area contributed by atoms with E-state index in [0.717, 1.165) is 54.0 Å². The third-order valence-electron chi connectivity index (χ3n) is 7.47. The van der Waals surface area contributed by atoms with Crippen molar-refractivity contribution in [1.82, 2.24) is 4.57 Å². The van der Waals surface area contributed by atoms with Gasteiger partial charge in [0.05, 0.1) is 28.8 Å². The van der Waals surface area contributed by atoms with Crippen molar-refractivity contribution >= 4 is 52.3 Å². The molecule has 0 bridgehead atoms. The van der Waals surface area contributed by atoms with Crippen molar-refractivity contribution in [2.24, 2.45) is 5.92 Å². The van der Waals surface area contributed by atoms with Crippen molar-refractivity contribution in [3.05, 3.63) is 74.2 Å². The van der Waals surface area contributed by atoms with Crippen molar-refractivity contribution in [3.8, 4) is 0 Å². The van der Waals surface area contributed by atoms with E-state index in [1.165, 1.54) is 16.7 Å². The lowest BCUT2D eigenvalue weighted by atomic mass is 9.83. The second-order valence-electron chi connectivity index (χ2n) is 9.76. The highest BCUT2D eigenvalue weighted by molar-refractivity contribution is 8.00. The zero-order chi connectivity index (χ0) is 30.3. The van der Waals surface area contributed by atoms with E-state index in [0.29, 0.717) is 20.4 Å². The lowest BCUT2D eigenvalue weighted by Gasteiger charge is -2.31. The van der Waals surface area contributed by atoms with Crippen molar-refractivity contribution in [3.63, 3.8) is 0 Å². The number of rotatable bonds is 8. The molecule has 3 heterocycles. The highest BCUT2D eigenvalue weighted by atomic mass is 32.2. The molecule has 1 fully saturated rings. The Labute approximate surface area is 248 Å². The minimum absolute atomic E-state index is 0.111. The summed E-state index contributed by atoms with van der Waals surface area (Å²) in [5.41, 5.74) is -0.0465. The second-order valence-corrected chi connectivity index (χ2v) is 11.9. The molecule has 2 aromatic carbocycles. The molecule has 0 radical (unpaired) electrons. The number of para-hydroxylation sites is 1. The van der Waals surface area contributed by atoms with Crippen LogP contribution in [0.1, 0.15) is 42.7 Å². The Morgan fingerprint density at radius 3 is 2.26 bits per heavy atom. The average Bonchev–Trinajstić information content (AvgIpc) is 3.40. The summed E-state index contributed by atoms with van der Waals surface area (Å²) in [4.78, 5) is 56.1. The molecule has 0 N–H and O–H groups in total. The van der Waals surface area contributed by atoms with Crippen LogP contribution in [-0.2, 0) is 31.8 Å². The molecule has 222 valence electrons. The van der Waals surface area contributed by atoms with E-state index in [9.17, 15) is 32.3 Å². The molecule has 0 unspecified atom stereocenters. The molecule has 3 aromatic rings. The van der Waals surface area contributed by atoms with Crippen LogP contribution >= 0.6 is 23.1 Å². The number of halogens is 3. The summed E-state index contributed by atoms with van der Waals surface area (Å²) in [5.74, 6) is -4.07. The summed E-state index contributed by atoms with van der Waals surface area (Å²) in [6.07, 6.45) is -4.80. The molecule has 2 aliphatic rings.